The quantitative estimate of drug-likeness (QED) is 0.0891. The van der Waals surface area contributed by atoms with Gasteiger partial charge >= 0.3 is 11.4 Å². The Morgan fingerprint density at radius 2 is 1.38 bits per heavy atom. The van der Waals surface area contributed by atoms with E-state index in [9.17, 15) is 43.3 Å². The minimum absolute atomic E-state index is 0.164. The molecule has 182 valence electrons. The number of rotatable bonds is 13. The monoisotopic (exact) mass is 537 g/mol. The number of thioether (sulfide) groups is 1. The highest BCUT2D eigenvalue weighted by atomic mass is 35.5. The lowest BCUT2D eigenvalue weighted by molar-refractivity contribution is -0.407. The van der Waals surface area contributed by atoms with Gasteiger partial charge in [-0.15, -0.1) is 11.6 Å². The number of nitro benzene ring substituents is 3. The fraction of sp³-hybridized carbons (Fsp3) is 0.571. The van der Waals surface area contributed by atoms with Crippen LogP contribution in [0.5, 0.6) is 0 Å². The first kappa shape index (κ1) is 30.2. The molecule has 0 aromatic heterocycles. The highest BCUT2D eigenvalue weighted by molar-refractivity contribution is 8.01. The van der Waals surface area contributed by atoms with E-state index in [1.165, 1.54) is 0 Å². The normalized spacial score (nSPS) is 11.0. The van der Waals surface area contributed by atoms with Crippen LogP contribution in [0.2, 0.25) is 0 Å². The second-order valence-corrected chi connectivity index (χ2v) is 10.9. The lowest BCUT2D eigenvalue weighted by Gasteiger charge is -2.07. The first-order valence-corrected chi connectivity index (χ1v) is 13.3. The average Bonchev–Trinajstić information content (AvgIpc) is 2.70. The molecule has 0 unspecified atom stereocenters. The molecule has 0 saturated carbocycles. The minimum Gasteiger partial charge on any atom is -0.744 e. The van der Waals surface area contributed by atoms with Crippen LogP contribution >= 0.6 is 23.4 Å². The third-order valence-electron chi connectivity index (χ3n) is 3.39. The summed E-state index contributed by atoms with van der Waals surface area (Å²) >= 11 is 7.39. The predicted octanol–water partition coefficient (Wildman–Crippen LogP) is 0.877. The van der Waals surface area contributed by atoms with Crippen LogP contribution in [0.15, 0.2) is 17.0 Å². The molecule has 0 fully saturated rings. The molecule has 14 nitrogen and oxygen atoms in total. The van der Waals surface area contributed by atoms with Crippen molar-refractivity contribution >= 4 is 61.4 Å². The van der Waals surface area contributed by atoms with Crippen molar-refractivity contribution in [1.82, 2.24) is 0 Å². The van der Waals surface area contributed by atoms with Gasteiger partial charge in [0.2, 0.25) is 4.90 Å². The predicted molar refractivity (Wildman–Crippen MR) is 119 cm³/mol. The zero-order chi connectivity index (χ0) is 24.9. The number of benzene rings is 1. The number of nitrogens with zero attached hydrogens (tertiary/aromatic N) is 3. The van der Waals surface area contributed by atoms with Gasteiger partial charge in [-0.3, -0.25) is 30.3 Å². The Hall–Kier alpha value is -1.76. The molecular weight excluding hydrogens is 518 g/mol. The number of alkyl halides is 1. The summed E-state index contributed by atoms with van der Waals surface area (Å²) < 4.78 is 32.5. The summed E-state index contributed by atoms with van der Waals surface area (Å²) in [6.45, 7) is 0.479. The van der Waals surface area contributed by atoms with Gasteiger partial charge in [-0.2, -0.15) is 11.8 Å². The molecule has 2 N–H and O–H groups in total. The molecule has 0 aliphatic rings. The molecule has 0 heterocycles. The summed E-state index contributed by atoms with van der Waals surface area (Å²) in [7, 11) is -5.34. The molecule has 0 amide bonds. The fourth-order valence-corrected chi connectivity index (χ4v) is 6.08. The van der Waals surface area contributed by atoms with Crippen molar-refractivity contribution in [2.45, 2.75) is 4.90 Å². The highest BCUT2D eigenvalue weighted by Crippen LogP contribution is 2.36. The second kappa shape index (κ2) is 15.1. The Bertz CT molecular complexity index is 860. The molecule has 0 saturated heterocycles. The van der Waals surface area contributed by atoms with Crippen LogP contribution < -0.4 is 0 Å². The van der Waals surface area contributed by atoms with E-state index in [2.05, 4.69) is 0 Å². The van der Waals surface area contributed by atoms with Crippen molar-refractivity contribution in [3.05, 3.63) is 42.5 Å². The van der Waals surface area contributed by atoms with Gasteiger partial charge in [-0.25, -0.2) is 8.42 Å². The minimum atomic E-state index is -5.55. The van der Waals surface area contributed by atoms with Crippen LogP contribution in [0.1, 0.15) is 0 Å². The van der Waals surface area contributed by atoms with E-state index in [0.717, 1.165) is 28.8 Å². The van der Waals surface area contributed by atoms with E-state index in [-0.39, 0.29) is 36.2 Å². The van der Waals surface area contributed by atoms with Crippen LogP contribution in [-0.4, -0.2) is 85.8 Å². The summed E-state index contributed by atoms with van der Waals surface area (Å²) in [6.07, 6.45) is 0. The molecule has 1 aromatic carbocycles. The van der Waals surface area contributed by atoms with Crippen LogP contribution in [0, 0.1) is 30.3 Å². The number of halogens is 1. The van der Waals surface area contributed by atoms with Crippen molar-refractivity contribution in [3.8, 4) is 0 Å². The zero-order valence-corrected chi connectivity index (χ0v) is 19.5. The fourth-order valence-electron chi connectivity index (χ4n) is 2.11. The van der Waals surface area contributed by atoms with Crippen LogP contribution in [-0.2, 0) is 21.0 Å². The van der Waals surface area contributed by atoms with E-state index >= 15 is 0 Å². The molecule has 0 aliphatic carbocycles. The summed E-state index contributed by atoms with van der Waals surface area (Å²) in [5.74, 6) is 5.57. The molecular formula is C14H20ClN3O11S3. The molecule has 0 atom stereocenters. The molecule has 32 heavy (non-hydrogen) atoms. The summed E-state index contributed by atoms with van der Waals surface area (Å²) in [5.41, 5.74) is -4.11. The van der Waals surface area contributed by atoms with E-state index in [1.54, 1.807) is 0 Å². The number of hydrogen-bond acceptors (Lipinski definition) is 12. The smallest absolute Gasteiger partial charge is 0.300 e. The van der Waals surface area contributed by atoms with E-state index in [0.29, 0.717) is 5.88 Å². The van der Waals surface area contributed by atoms with Gasteiger partial charge in [0.15, 0.2) is 0 Å². The van der Waals surface area contributed by atoms with Crippen molar-refractivity contribution in [2.75, 3.05) is 47.9 Å². The molecule has 0 spiro atoms. The Morgan fingerprint density at radius 1 is 0.906 bits per heavy atom. The summed E-state index contributed by atoms with van der Waals surface area (Å²) in [6, 6.07) is 0.329. The third-order valence-corrected chi connectivity index (χ3v) is 8.26. The molecule has 0 aliphatic heterocycles. The van der Waals surface area contributed by atoms with Crippen LogP contribution in [0.25, 0.3) is 0 Å². The van der Waals surface area contributed by atoms with Crippen molar-refractivity contribution in [2.24, 2.45) is 0 Å². The second-order valence-electron chi connectivity index (χ2n) is 5.51. The number of hydrogen-bond donors (Lipinski definition) is 2. The van der Waals surface area contributed by atoms with Crippen molar-refractivity contribution in [1.29, 1.82) is 0 Å². The maximum Gasteiger partial charge on any atom is 0.300 e. The topological polar surface area (TPSA) is 227 Å². The van der Waals surface area contributed by atoms with Gasteiger partial charge in [0, 0.05) is 17.4 Å². The number of non-ortho nitro benzene ring substituents is 1. The zero-order valence-electron chi connectivity index (χ0n) is 16.3. The van der Waals surface area contributed by atoms with E-state index in [1.807, 2.05) is 11.8 Å². The third kappa shape index (κ3) is 10.7. The van der Waals surface area contributed by atoms with Gasteiger partial charge in [-0.05, 0) is 10.9 Å². The average molecular weight is 538 g/mol. The molecule has 18 heteroatoms. The van der Waals surface area contributed by atoms with Crippen LogP contribution in [0.4, 0.5) is 17.1 Å². The van der Waals surface area contributed by atoms with Gasteiger partial charge in [0.05, 0.1) is 40.1 Å². The van der Waals surface area contributed by atoms with Gasteiger partial charge < -0.3 is 14.8 Å². The van der Waals surface area contributed by atoms with Crippen LogP contribution in [0.3, 0.4) is 0 Å². The Balaban J connectivity index is 0.000000649. The lowest BCUT2D eigenvalue weighted by Crippen LogP contribution is -2.22. The first-order valence-electron chi connectivity index (χ1n) is 8.47. The maximum atomic E-state index is 10.8. The first-order chi connectivity index (χ1) is 14.9. The Labute approximate surface area is 194 Å². The number of aliphatic hydroxyl groups is 2. The van der Waals surface area contributed by atoms with Gasteiger partial charge in [-0.1, -0.05) is 0 Å². The number of nitro groups is 3. The molecule has 0 radical (unpaired) electrons. The Morgan fingerprint density at radius 3 is 1.69 bits per heavy atom. The van der Waals surface area contributed by atoms with Gasteiger partial charge in [0.25, 0.3) is 5.69 Å². The highest BCUT2D eigenvalue weighted by Gasteiger charge is 2.34. The van der Waals surface area contributed by atoms with Gasteiger partial charge in [0.1, 0.15) is 27.4 Å². The lowest BCUT2D eigenvalue weighted by atomic mass is 10.2. The molecule has 1 rings (SSSR count). The standard InChI is InChI=1S/C8H18ClO2S2.C6H3N3O9S/c9-1-4-12-5-8-13(6-2-10)7-3-11;10-7(11)3-1-4(8(12)13)6(19(16,17)18)5(2-3)9(14)15/h10-11H,1-8H2;1-2H,(H,16,17,18)/q+1;/p-1. The maximum absolute atomic E-state index is 10.8. The molecule has 0 bridgehead atoms. The SMILES string of the molecule is O=[N+]([O-])c1cc([N+](=O)[O-])c(S(=O)(=O)[O-])c([N+](=O)[O-])c1.OCC[S+](CCO)CCSCCCl. The van der Waals surface area contributed by atoms with Crippen molar-refractivity contribution in [3.63, 3.8) is 0 Å². The van der Waals surface area contributed by atoms with E-state index < -0.39 is 46.8 Å². The summed E-state index contributed by atoms with van der Waals surface area (Å²) in [5, 5.41) is 49.1. The largest absolute Gasteiger partial charge is 0.744 e. The number of aliphatic hydroxyl groups excluding tert-OH is 2. The summed E-state index contributed by atoms with van der Waals surface area (Å²) in [4.78, 5) is 25.8. The van der Waals surface area contributed by atoms with Crippen molar-refractivity contribution < 1.29 is 38.0 Å². The van der Waals surface area contributed by atoms with E-state index in [4.69, 9.17) is 21.8 Å². The molecule has 1 aromatic rings. The Kier molecular flexibility index (Phi) is 14.3.